The maximum Gasteiger partial charge on any atom is 0.251 e. The van der Waals surface area contributed by atoms with E-state index in [1.807, 2.05) is 12.1 Å². The highest BCUT2D eigenvalue weighted by Gasteiger charge is 2.22. The van der Waals surface area contributed by atoms with Crippen molar-refractivity contribution in [1.29, 1.82) is 0 Å². The molecule has 0 radical (unpaired) electrons. The third-order valence-electron chi connectivity index (χ3n) is 4.92. The van der Waals surface area contributed by atoms with Gasteiger partial charge in [0.1, 0.15) is 0 Å². The Morgan fingerprint density at radius 1 is 1.00 bits per heavy atom. The van der Waals surface area contributed by atoms with Crippen LogP contribution in [0.1, 0.15) is 66.8 Å². The predicted molar refractivity (Wildman–Crippen MR) is 85.6 cm³/mol. The van der Waals surface area contributed by atoms with Crippen LogP contribution in [0, 0.1) is 0 Å². The summed E-state index contributed by atoms with van der Waals surface area (Å²) in [5, 5.41) is 6.66. The number of carbonyl (C=O) groups excluding carboxylic acids is 1. The molecule has 1 aliphatic carbocycles. The van der Waals surface area contributed by atoms with Crippen molar-refractivity contribution in [2.75, 3.05) is 13.1 Å². The molecule has 1 saturated heterocycles. The van der Waals surface area contributed by atoms with Gasteiger partial charge in [-0.2, -0.15) is 0 Å². The second-order valence-corrected chi connectivity index (χ2v) is 6.42. The standard InChI is InChI=1S/C18H26N2O/c21-18(20-15-6-2-1-3-7-15)17-9-5-4-8-16(17)14-10-12-19-13-11-14/h4-5,8-9,14-15,19H,1-3,6-7,10-13H2,(H,20,21). The molecule has 1 amide bonds. The summed E-state index contributed by atoms with van der Waals surface area (Å²) < 4.78 is 0. The summed E-state index contributed by atoms with van der Waals surface area (Å²) in [4.78, 5) is 12.6. The van der Waals surface area contributed by atoms with Gasteiger partial charge in [0.15, 0.2) is 0 Å². The highest BCUT2D eigenvalue weighted by atomic mass is 16.1. The summed E-state index contributed by atoms with van der Waals surface area (Å²) in [7, 11) is 0. The van der Waals surface area contributed by atoms with Gasteiger partial charge in [0.05, 0.1) is 0 Å². The number of benzene rings is 1. The molecule has 2 N–H and O–H groups in total. The van der Waals surface area contributed by atoms with Gasteiger partial charge in [-0.25, -0.2) is 0 Å². The van der Waals surface area contributed by atoms with E-state index in [0.29, 0.717) is 12.0 Å². The zero-order valence-electron chi connectivity index (χ0n) is 12.7. The number of amides is 1. The highest BCUT2D eigenvalue weighted by Crippen LogP contribution is 2.28. The lowest BCUT2D eigenvalue weighted by Gasteiger charge is -2.26. The van der Waals surface area contributed by atoms with Crippen molar-refractivity contribution < 1.29 is 4.79 Å². The molecule has 1 heterocycles. The van der Waals surface area contributed by atoms with Gasteiger partial charge < -0.3 is 10.6 Å². The Bertz CT molecular complexity index is 474. The Labute approximate surface area is 127 Å². The van der Waals surface area contributed by atoms with Crippen LogP contribution in [-0.2, 0) is 0 Å². The van der Waals surface area contributed by atoms with E-state index in [-0.39, 0.29) is 5.91 Å². The normalized spacial score (nSPS) is 21.1. The minimum Gasteiger partial charge on any atom is -0.349 e. The van der Waals surface area contributed by atoms with Gasteiger partial charge in [-0.3, -0.25) is 4.79 Å². The van der Waals surface area contributed by atoms with E-state index >= 15 is 0 Å². The van der Waals surface area contributed by atoms with Crippen molar-refractivity contribution in [2.24, 2.45) is 0 Å². The van der Waals surface area contributed by atoms with Crippen molar-refractivity contribution in [3.05, 3.63) is 35.4 Å². The van der Waals surface area contributed by atoms with Crippen LogP contribution >= 0.6 is 0 Å². The fourth-order valence-corrected chi connectivity index (χ4v) is 3.70. The third-order valence-corrected chi connectivity index (χ3v) is 4.92. The molecule has 1 saturated carbocycles. The molecule has 2 fully saturated rings. The van der Waals surface area contributed by atoms with Crippen LogP contribution in [-0.4, -0.2) is 25.0 Å². The molecule has 0 aromatic heterocycles. The van der Waals surface area contributed by atoms with Gasteiger partial charge in [0.2, 0.25) is 0 Å². The van der Waals surface area contributed by atoms with Crippen molar-refractivity contribution in [1.82, 2.24) is 10.6 Å². The maximum atomic E-state index is 12.6. The van der Waals surface area contributed by atoms with Crippen molar-refractivity contribution in [3.8, 4) is 0 Å². The SMILES string of the molecule is O=C(NC1CCCCC1)c1ccccc1C1CCNCC1. The number of nitrogens with one attached hydrogen (secondary N) is 2. The lowest BCUT2D eigenvalue weighted by molar-refractivity contribution is 0.0926. The number of hydrogen-bond acceptors (Lipinski definition) is 2. The first-order chi connectivity index (χ1) is 10.3. The number of carbonyl (C=O) groups is 1. The Balaban J connectivity index is 1.72. The van der Waals surface area contributed by atoms with Gasteiger partial charge in [-0.05, 0) is 56.3 Å². The summed E-state index contributed by atoms with van der Waals surface area (Å²) >= 11 is 0. The van der Waals surface area contributed by atoms with Gasteiger partial charge in [0.25, 0.3) is 5.91 Å². The fraction of sp³-hybridized carbons (Fsp3) is 0.611. The molecule has 0 unspecified atom stereocenters. The van der Waals surface area contributed by atoms with E-state index in [1.165, 1.54) is 24.8 Å². The molecule has 0 spiro atoms. The molecular weight excluding hydrogens is 260 g/mol. The lowest BCUT2D eigenvalue weighted by Crippen LogP contribution is -2.37. The molecule has 114 valence electrons. The van der Waals surface area contributed by atoms with Crippen LogP contribution in [0.25, 0.3) is 0 Å². The predicted octanol–water partition coefficient (Wildman–Crippen LogP) is 3.22. The zero-order chi connectivity index (χ0) is 14.5. The Morgan fingerprint density at radius 2 is 1.71 bits per heavy atom. The molecule has 3 heteroatoms. The van der Waals surface area contributed by atoms with Crippen LogP contribution in [0.4, 0.5) is 0 Å². The minimum atomic E-state index is 0.135. The Morgan fingerprint density at radius 3 is 2.48 bits per heavy atom. The van der Waals surface area contributed by atoms with Crippen LogP contribution in [0.2, 0.25) is 0 Å². The minimum absolute atomic E-state index is 0.135. The molecule has 21 heavy (non-hydrogen) atoms. The maximum absolute atomic E-state index is 12.6. The topological polar surface area (TPSA) is 41.1 Å². The first-order valence-electron chi connectivity index (χ1n) is 8.45. The molecule has 3 nitrogen and oxygen atoms in total. The summed E-state index contributed by atoms with van der Waals surface area (Å²) in [6, 6.07) is 8.57. The molecule has 1 aromatic rings. The number of rotatable bonds is 3. The van der Waals surface area contributed by atoms with E-state index in [2.05, 4.69) is 22.8 Å². The third kappa shape index (κ3) is 3.65. The smallest absolute Gasteiger partial charge is 0.251 e. The van der Waals surface area contributed by atoms with E-state index in [0.717, 1.165) is 44.3 Å². The summed E-state index contributed by atoms with van der Waals surface area (Å²) in [5.41, 5.74) is 2.14. The Hall–Kier alpha value is -1.35. The molecule has 1 aromatic carbocycles. The van der Waals surface area contributed by atoms with E-state index in [1.54, 1.807) is 0 Å². The largest absolute Gasteiger partial charge is 0.349 e. The highest BCUT2D eigenvalue weighted by molar-refractivity contribution is 5.96. The molecular formula is C18H26N2O. The van der Waals surface area contributed by atoms with Crippen molar-refractivity contribution >= 4 is 5.91 Å². The summed E-state index contributed by atoms with van der Waals surface area (Å²) in [5.74, 6) is 0.663. The summed E-state index contributed by atoms with van der Waals surface area (Å²) in [6.07, 6.45) is 8.36. The quantitative estimate of drug-likeness (QED) is 0.896. The van der Waals surface area contributed by atoms with Crippen molar-refractivity contribution in [2.45, 2.75) is 56.9 Å². The van der Waals surface area contributed by atoms with Gasteiger partial charge in [-0.15, -0.1) is 0 Å². The van der Waals surface area contributed by atoms with Crippen LogP contribution < -0.4 is 10.6 Å². The first-order valence-corrected chi connectivity index (χ1v) is 8.45. The average Bonchev–Trinajstić information content (AvgIpc) is 2.56. The molecule has 2 aliphatic rings. The fourth-order valence-electron chi connectivity index (χ4n) is 3.70. The van der Waals surface area contributed by atoms with Gasteiger partial charge >= 0.3 is 0 Å². The van der Waals surface area contributed by atoms with Crippen LogP contribution in [0.3, 0.4) is 0 Å². The van der Waals surface area contributed by atoms with Gasteiger partial charge in [0, 0.05) is 11.6 Å². The zero-order valence-corrected chi connectivity index (χ0v) is 12.7. The average molecular weight is 286 g/mol. The Kier molecular flexibility index (Phi) is 4.91. The first kappa shape index (κ1) is 14.6. The number of piperidine rings is 1. The second kappa shape index (κ2) is 7.08. The van der Waals surface area contributed by atoms with Crippen molar-refractivity contribution in [3.63, 3.8) is 0 Å². The van der Waals surface area contributed by atoms with E-state index in [9.17, 15) is 4.79 Å². The second-order valence-electron chi connectivity index (χ2n) is 6.42. The monoisotopic (exact) mass is 286 g/mol. The van der Waals surface area contributed by atoms with E-state index in [4.69, 9.17) is 0 Å². The molecule has 0 bridgehead atoms. The van der Waals surface area contributed by atoms with E-state index < -0.39 is 0 Å². The van der Waals surface area contributed by atoms with Gasteiger partial charge in [-0.1, -0.05) is 37.5 Å². The molecule has 3 rings (SSSR count). The summed E-state index contributed by atoms with van der Waals surface area (Å²) in [6.45, 7) is 2.12. The molecule has 1 aliphatic heterocycles. The van der Waals surface area contributed by atoms with Crippen LogP contribution in [0.15, 0.2) is 24.3 Å². The van der Waals surface area contributed by atoms with Crippen LogP contribution in [0.5, 0.6) is 0 Å². The molecule has 0 atom stereocenters. The number of hydrogen-bond donors (Lipinski definition) is 2. The lowest BCUT2D eigenvalue weighted by atomic mass is 9.86.